The predicted octanol–water partition coefficient (Wildman–Crippen LogP) is 3.91. The number of nitrogens with one attached hydrogen (secondary N) is 1. The van der Waals surface area contributed by atoms with E-state index in [-0.39, 0.29) is 0 Å². The van der Waals surface area contributed by atoms with E-state index in [0.717, 1.165) is 27.6 Å². The molecule has 0 amide bonds. The van der Waals surface area contributed by atoms with Crippen molar-refractivity contribution in [2.24, 2.45) is 10.9 Å². The van der Waals surface area contributed by atoms with Crippen LogP contribution in [-0.2, 0) is 0 Å². The summed E-state index contributed by atoms with van der Waals surface area (Å²) in [6, 6.07) is 6.25. The summed E-state index contributed by atoms with van der Waals surface area (Å²) in [7, 11) is 0. The van der Waals surface area contributed by atoms with Crippen LogP contribution in [0.25, 0.3) is 0 Å². The third-order valence-electron chi connectivity index (χ3n) is 2.49. The van der Waals surface area contributed by atoms with Crippen LogP contribution in [0.3, 0.4) is 0 Å². The maximum atomic E-state index is 4.53. The number of aliphatic imine (C=N–C) groups is 1. The summed E-state index contributed by atoms with van der Waals surface area (Å²) in [5.74, 6) is 1.85. The molecular formula is C12H15BrN2S. The van der Waals surface area contributed by atoms with Gasteiger partial charge < -0.3 is 5.32 Å². The molecule has 1 unspecified atom stereocenters. The molecule has 86 valence electrons. The first-order chi connectivity index (χ1) is 7.65. The highest BCUT2D eigenvalue weighted by Gasteiger charge is 2.12. The molecule has 0 saturated heterocycles. The molecule has 0 aliphatic carbocycles. The fourth-order valence-corrected chi connectivity index (χ4v) is 2.73. The molecule has 0 fully saturated rings. The van der Waals surface area contributed by atoms with Crippen LogP contribution in [0.2, 0.25) is 0 Å². The van der Waals surface area contributed by atoms with Crippen molar-refractivity contribution in [1.29, 1.82) is 0 Å². The molecule has 2 nitrogen and oxygen atoms in total. The lowest BCUT2D eigenvalue weighted by molar-refractivity contribution is 0.674. The van der Waals surface area contributed by atoms with Gasteiger partial charge in [-0.25, -0.2) is 0 Å². The summed E-state index contributed by atoms with van der Waals surface area (Å²) in [6.07, 6.45) is 0. The second kappa shape index (κ2) is 5.23. The number of halogens is 1. The Morgan fingerprint density at radius 1 is 1.50 bits per heavy atom. The first-order valence-electron chi connectivity index (χ1n) is 5.35. The quantitative estimate of drug-likeness (QED) is 0.850. The van der Waals surface area contributed by atoms with Gasteiger partial charge in [0.05, 0.1) is 0 Å². The molecule has 4 heteroatoms. The van der Waals surface area contributed by atoms with Gasteiger partial charge in [0.1, 0.15) is 0 Å². The number of benzene rings is 1. The molecule has 1 aromatic carbocycles. The summed E-state index contributed by atoms with van der Waals surface area (Å²) < 4.78 is 1.09. The Morgan fingerprint density at radius 2 is 2.31 bits per heavy atom. The lowest BCUT2D eigenvalue weighted by Gasteiger charge is -2.18. The van der Waals surface area contributed by atoms with Gasteiger partial charge in [0.15, 0.2) is 5.17 Å². The standard InChI is InChI=1S/C12H15BrN2S/c1-8-6-14-12(16-7-8)15-11-5-10(13)4-3-9(11)2/h3-5,8H,6-7H2,1-2H3,(H,14,15). The highest BCUT2D eigenvalue weighted by Crippen LogP contribution is 2.24. The Bertz CT molecular complexity index is 417. The van der Waals surface area contributed by atoms with Crippen molar-refractivity contribution in [3.63, 3.8) is 0 Å². The van der Waals surface area contributed by atoms with E-state index in [4.69, 9.17) is 0 Å². The number of hydrogen-bond donors (Lipinski definition) is 1. The van der Waals surface area contributed by atoms with Gasteiger partial charge in [-0.2, -0.15) is 0 Å². The number of nitrogens with zero attached hydrogens (tertiary/aromatic N) is 1. The molecule has 1 N–H and O–H groups in total. The van der Waals surface area contributed by atoms with Crippen LogP contribution in [0.15, 0.2) is 27.7 Å². The predicted molar refractivity (Wildman–Crippen MR) is 76.4 cm³/mol. The van der Waals surface area contributed by atoms with Crippen molar-refractivity contribution in [3.05, 3.63) is 28.2 Å². The van der Waals surface area contributed by atoms with Gasteiger partial charge in [0.2, 0.25) is 0 Å². The normalized spacial score (nSPS) is 20.4. The molecule has 1 aliphatic rings. The Hall–Kier alpha value is -0.480. The Labute approximate surface area is 109 Å². The zero-order valence-corrected chi connectivity index (χ0v) is 11.9. The van der Waals surface area contributed by atoms with E-state index < -0.39 is 0 Å². The molecule has 0 spiro atoms. The van der Waals surface area contributed by atoms with Crippen LogP contribution in [0, 0.1) is 12.8 Å². The number of rotatable bonds is 1. The van der Waals surface area contributed by atoms with E-state index in [9.17, 15) is 0 Å². The van der Waals surface area contributed by atoms with E-state index in [1.807, 2.05) is 0 Å². The summed E-state index contributed by atoms with van der Waals surface area (Å²) in [6.45, 7) is 5.27. The fraction of sp³-hybridized carbons (Fsp3) is 0.417. The lowest BCUT2D eigenvalue weighted by atomic mass is 10.2. The number of hydrogen-bond acceptors (Lipinski definition) is 3. The zero-order chi connectivity index (χ0) is 11.5. The Morgan fingerprint density at radius 3 is 3.00 bits per heavy atom. The molecule has 0 saturated carbocycles. The van der Waals surface area contributed by atoms with Gasteiger partial charge in [0.25, 0.3) is 0 Å². The topological polar surface area (TPSA) is 24.4 Å². The molecule has 1 aliphatic heterocycles. The first kappa shape index (κ1) is 12.0. The van der Waals surface area contributed by atoms with E-state index in [1.54, 1.807) is 11.8 Å². The van der Waals surface area contributed by atoms with Crippen LogP contribution in [0.4, 0.5) is 5.69 Å². The van der Waals surface area contributed by atoms with E-state index in [2.05, 4.69) is 58.3 Å². The highest BCUT2D eigenvalue weighted by molar-refractivity contribution is 9.10. The van der Waals surface area contributed by atoms with E-state index in [0.29, 0.717) is 5.92 Å². The van der Waals surface area contributed by atoms with Gasteiger partial charge in [-0.05, 0) is 30.5 Å². The number of thioether (sulfide) groups is 1. The van der Waals surface area contributed by atoms with Crippen molar-refractivity contribution >= 4 is 38.5 Å². The summed E-state index contributed by atoms with van der Waals surface area (Å²) in [4.78, 5) is 4.53. The fourth-order valence-electron chi connectivity index (χ4n) is 1.48. The molecule has 0 aromatic heterocycles. The summed E-state index contributed by atoms with van der Waals surface area (Å²) in [5, 5.41) is 4.43. The minimum Gasteiger partial charge on any atom is -0.335 e. The van der Waals surface area contributed by atoms with Crippen LogP contribution < -0.4 is 5.32 Å². The van der Waals surface area contributed by atoms with Crippen molar-refractivity contribution in [3.8, 4) is 0 Å². The SMILES string of the molecule is Cc1ccc(Br)cc1NC1=NCC(C)CS1. The molecule has 0 radical (unpaired) electrons. The second-order valence-electron chi connectivity index (χ2n) is 4.15. The summed E-state index contributed by atoms with van der Waals surface area (Å²) >= 11 is 5.29. The minimum absolute atomic E-state index is 0.694. The second-order valence-corrected chi connectivity index (χ2v) is 6.07. The van der Waals surface area contributed by atoms with Crippen molar-refractivity contribution in [1.82, 2.24) is 0 Å². The molecule has 1 heterocycles. The molecule has 16 heavy (non-hydrogen) atoms. The molecule has 1 aromatic rings. The molecular weight excluding hydrogens is 284 g/mol. The zero-order valence-electron chi connectivity index (χ0n) is 9.46. The van der Waals surface area contributed by atoms with Crippen LogP contribution in [-0.4, -0.2) is 17.5 Å². The Kier molecular flexibility index (Phi) is 3.92. The van der Waals surface area contributed by atoms with Crippen molar-refractivity contribution in [2.75, 3.05) is 17.6 Å². The number of anilines is 1. The number of aryl methyl sites for hydroxylation is 1. The van der Waals surface area contributed by atoms with Gasteiger partial charge in [-0.3, -0.25) is 4.99 Å². The molecule has 2 rings (SSSR count). The van der Waals surface area contributed by atoms with E-state index >= 15 is 0 Å². The van der Waals surface area contributed by atoms with Crippen LogP contribution in [0.1, 0.15) is 12.5 Å². The largest absolute Gasteiger partial charge is 0.335 e. The first-order valence-corrected chi connectivity index (χ1v) is 7.13. The van der Waals surface area contributed by atoms with E-state index in [1.165, 1.54) is 5.56 Å². The van der Waals surface area contributed by atoms with Crippen LogP contribution in [0.5, 0.6) is 0 Å². The molecule has 0 bridgehead atoms. The summed E-state index contributed by atoms with van der Waals surface area (Å²) in [5.41, 5.74) is 2.38. The third-order valence-corrected chi connectivity index (χ3v) is 4.23. The number of amidine groups is 1. The van der Waals surface area contributed by atoms with Crippen LogP contribution >= 0.6 is 27.7 Å². The third kappa shape index (κ3) is 3.01. The highest BCUT2D eigenvalue weighted by atomic mass is 79.9. The lowest BCUT2D eigenvalue weighted by Crippen LogP contribution is -2.19. The van der Waals surface area contributed by atoms with Gasteiger partial charge in [0, 0.05) is 22.5 Å². The van der Waals surface area contributed by atoms with Crippen molar-refractivity contribution in [2.45, 2.75) is 13.8 Å². The Balaban J connectivity index is 2.12. The maximum Gasteiger partial charge on any atom is 0.161 e. The monoisotopic (exact) mass is 298 g/mol. The molecule has 1 atom stereocenters. The smallest absolute Gasteiger partial charge is 0.161 e. The van der Waals surface area contributed by atoms with Gasteiger partial charge in [-0.15, -0.1) is 0 Å². The van der Waals surface area contributed by atoms with Crippen molar-refractivity contribution < 1.29 is 0 Å². The minimum atomic E-state index is 0.694. The van der Waals surface area contributed by atoms with Gasteiger partial charge in [-0.1, -0.05) is 40.7 Å². The maximum absolute atomic E-state index is 4.53. The van der Waals surface area contributed by atoms with Gasteiger partial charge >= 0.3 is 0 Å². The average molecular weight is 299 g/mol. The average Bonchev–Trinajstić information content (AvgIpc) is 2.27.